The van der Waals surface area contributed by atoms with Crippen molar-refractivity contribution in [3.63, 3.8) is 0 Å². The fourth-order valence-electron chi connectivity index (χ4n) is 5.41. The van der Waals surface area contributed by atoms with Gasteiger partial charge < -0.3 is 15.5 Å². The molecule has 0 aromatic heterocycles. The second-order valence-electron chi connectivity index (χ2n) is 8.72. The molecule has 28 heavy (non-hydrogen) atoms. The van der Waals surface area contributed by atoms with Gasteiger partial charge in [-0.25, -0.2) is 0 Å². The first kappa shape index (κ1) is 17.8. The van der Waals surface area contributed by atoms with E-state index in [0.717, 1.165) is 30.1 Å². The molecule has 3 heterocycles. The summed E-state index contributed by atoms with van der Waals surface area (Å²) >= 11 is 0. The number of nitrogens with one attached hydrogen (secondary N) is 3. The molecule has 3 unspecified atom stereocenters. The van der Waals surface area contributed by atoms with Crippen molar-refractivity contribution in [2.45, 2.75) is 56.8 Å². The van der Waals surface area contributed by atoms with Crippen molar-refractivity contribution in [2.24, 2.45) is 5.92 Å². The minimum Gasteiger partial charge on any atom is -0.322 e. The van der Waals surface area contributed by atoms with Crippen molar-refractivity contribution in [3.8, 4) is 0 Å². The number of hydrogen-bond donors (Lipinski definition) is 3. The van der Waals surface area contributed by atoms with E-state index in [1.165, 1.54) is 19.3 Å². The van der Waals surface area contributed by atoms with Crippen LogP contribution in [0.5, 0.6) is 0 Å². The molecule has 1 aliphatic carbocycles. The minimum atomic E-state index is -0.560. The Hall–Kier alpha value is -2.25. The third-order valence-electron chi connectivity index (χ3n) is 6.93. The molecule has 3 aliphatic heterocycles. The smallest absolute Gasteiger partial charge is 0.255 e. The summed E-state index contributed by atoms with van der Waals surface area (Å²) < 4.78 is 0. The summed E-state index contributed by atoms with van der Waals surface area (Å²) in [4.78, 5) is 38.2. The van der Waals surface area contributed by atoms with Crippen LogP contribution >= 0.6 is 0 Å². The number of rotatable bonds is 5. The van der Waals surface area contributed by atoms with Gasteiger partial charge in [0.1, 0.15) is 6.04 Å². The Bertz CT molecular complexity index is 844. The molecule has 0 spiro atoms. The fraction of sp³-hybridized carbons (Fsp3) is 0.571. The minimum absolute atomic E-state index is 0.110. The highest BCUT2D eigenvalue weighted by molar-refractivity contribution is 6.05. The van der Waals surface area contributed by atoms with Crippen LogP contribution in [0.3, 0.4) is 0 Å². The van der Waals surface area contributed by atoms with Crippen molar-refractivity contribution in [3.05, 3.63) is 34.9 Å². The highest BCUT2D eigenvalue weighted by atomic mass is 16.2. The third-order valence-corrected chi connectivity index (χ3v) is 6.93. The van der Waals surface area contributed by atoms with Crippen LogP contribution < -0.4 is 16.0 Å². The standard InChI is InChI=1S/C21H26N4O3/c26-18-5-4-17(19(27)24-18)25-11-16-14(2-1-3-15(16)20(25)28)10-22-12-21-7-6-13(8-21)9-23-21/h1-3,13,17,22-23H,4-12H2,(H,24,26,27). The Balaban J connectivity index is 1.28. The van der Waals surface area contributed by atoms with Gasteiger partial charge in [-0.2, -0.15) is 0 Å². The molecule has 1 aromatic carbocycles. The Morgan fingerprint density at radius 1 is 1.21 bits per heavy atom. The predicted molar refractivity (Wildman–Crippen MR) is 102 cm³/mol. The number of carbonyl (C=O) groups excluding carboxylic acids is 3. The van der Waals surface area contributed by atoms with E-state index >= 15 is 0 Å². The summed E-state index contributed by atoms with van der Waals surface area (Å²) in [6, 6.07) is 5.26. The van der Waals surface area contributed by atoms with Gasteiger partial charge in [-0.1, -0.05) is 12.1 Å². The average molecular weight is 382 g/mol. The molecule has 5 rings (SSSR count). The largest absolute Gasteiger partial charge is 0.322 e. The highest BCUT2D eigenvalue weighted by Crippen LogP contribution is 2.39. The van der Waals surface area contributed by atoms with Gasteiger partial charge in [0.05, 0.1) is 0 Å². The van der Waals surface area contributed by atoms with Crippen LogP contribution in [0.15, 0.2) is 18.2 Å². The molecule has 1 aromatic rings. The maximum Gasteiger partial charge on any atom is 0.255 e. The lowest BCUT2D eigenvalue weighted by atomic mass is 9.98. The van der Waals surface area contributed by atoms with E-state index in [0.29, 0.717) is 25.1 Å². The van der Waals surface area contributed by atoms with Gasteiger partial charge in [0.2, 0.25) is 11.8 Å². The summed E-state index contributed by atoms with van der Waals surface area (Å²) in [6.45, 7) is 3.23. The van der Waals surface area contributed by atoms with Crippen molar-refractivity contribution in [2.75, 3.05) is 13.1 Å². The number of amides is 3. The molecule has 3 N–H and O–H groups in total. The topological polar surface area (TPSA) is 90.5 Å². The summed E-state index contributed by atoms with van der Waals surface area (Å²) in [7, 11) is 0. The Morgan fingerprint density at radius 3 is 2.82 bits per heavy atom. The zero-order valence-corrected chi connectivity index (χ0v) is 15.9. The van der Waals surface area contributed by atoms with Crippen LogP contribution in [0.25, 0.3) is 0 Å². The molecule has 7 heteroatoms. The van der Waals surface area contributed by atoms with E-state index in [-0.39, 0.29) is 29.7 Å². The van der Waals surface area contributed by atoms with E-state index in [1.54, 1.807) is 4.90 Å². The van der Waals surface area contributed by atoms with Gasteiger partial charge in [-0.05, 0) is 55.3 Å². The van der Waals surface area contributed by atoms with Crippen LogP contribution in [-0.2, 0) is 22.7 Å². The van der Waals surface area contributed by atoms with Crippen LogP contribution in [0, 0.1) is 5.92 Å². The number of piperidine rings is 2. The van der Waals surface area contributed by atoms with Crippen molar-refractivity contribution >= 4 is 17.7 Å². The van der Waals surface area contributed by atoms with E-state index in [9.17, 15) is 14.4 Å². The van der Waals surface area contributed by atoms with Gasteiger partial charge in [-0.3, -0.25) is 19.7 Å². The van der Waals surface area contributed by atoms with E-state index < -0.39 is 6.04 Å². The predicted octanol–water partition coefficient (Wildman–Crippen LogP) is 0.679. The quantitative estimate of drug-likeness (QED) is 0.652. The molecule has 3 amide bonds. The van der Waals surface area contributed by atoms with Crippen LogP contribution in [0.4, 0.5) is 0 Å². The molecule has 3 fully saturated rings. The number of fused-ring (bicyclic) bond motifs is 3. The molecule has 3 atom stereocenters. The lowest BCUT2D eigenvalue weighted by Gasteiger charge is -2.29. The molecular formula is C21H26N4O3. The van der Waals surface area contributed by atoms with Crippen molar-refractivity contribution < 1.29 is 14.4 Å². The number of carbonyl (C=O) groups is 3. The summed E-state index contributed by atoms with van der Waals surface area (Å²) in [5.41, 5.74) is 3.05. The maximum absolute atomic E-state index is 12.9. The highest BCUT2D eigenvalue weighted by Gasteiger charge is 2.44. The zero-order chi connectivity index (χ0) is 19.3. The molecule has 148 valence electrons. The van der Waals surface area contributed by atoms with Crippen LogP contribution in [-0.4, -0.2) is 47.3 Å². The second-order valence-corrected chi connectivity index (χ2v) is 8.72. The Labute approximate surface area is 164 Å². The zero-order valence-electron chi connectivity index (χ0n) is 15.9. The first-order chi connectivity index (χ1) is 13.5. The molecule has 4 aliphatic rings. The Morgan fingerprint density at radius 2 is 2.11 bits per heavy atom. The maximum atomic E-state index is 12.9. The number of nitrogens with zero attached hydrogens (tertiary/aromatic N) is 1. The van der Waals surface area contributed by atoms with Crippen LogP contribution in [0.2, 0.25) is 0 Å². The summed E-state index contributed by atoms with van der Waals surface area (Å²) in [5.74, 6) is 0.104. The van der Waals surface area contributed by atoms with Gasteiger partial charge in [0.25, 0.3) is 5.91 Å². The molecule has 2 bridgehead atoms. The molecule has 2 saturated heterocycles. The first-order valence-electron chi connectivity index (χ1n) is 10.3. The monoisotopic (exact) mass is 382 g/mol. The van der Waals surface area contributed by atoms with E-state index in [2.05, 4.69) is 22.0 Å². The van der Waals surface area contributed by atoms with E-state index in [4.69, 9.17) is 0 Å². The molecule has 1 saturated carbocycles. The average Bonchev–Trinajstić information content (AvgIpc) is 3.36. The molecular weight excluding hydrogens is 356 g/mol. The lowest BCUT2D eigenvalue weighted by Crippen LogP contribution is -2.52. The SMILES string of the molecule is O=C1CCC(N2Cc3c(CNCC45CCC(CN4)C5)cccc3C2=O)C(=O)N1. The molecule has 7 nitrogen and oxygen atoms in total. The van der Waals surface area contributed by atoms with Gasteiger partial charge in [0.15, 0.2) is 0 Å². The normalized spacial score (nSPS) is 31.4. The van der Waals surface area contributed by atoms with Crippen molar-refractivity contribution in [1.82, 2.24) is 20.9 Å². The van der Waals surface area contributed by atoms with Crippen molar-refractivity contribution in [1.29, 1.82) is 0 Å². The van der Waals surface area contributed by atoms with Crippen LogP contribution in [0.1, 0.15) is 53.6 Å². The third kappa shape index (κ3) is 2.93. The van der Waals surface area contributed by atoms with Gasteiger partial charge in [-0.15, -0.1) is 0 Å². The number of hydrogen-bond acceptors (Lipinski definition) is 5. The number of imide groups is 1. The second kappa shape index (κ2) is 6.67. The lowest BCUT2D eigenvalue weighted by molar-refractivity contribution is -0.136. The summed E-state index contributed by atoms with van der Waals surface area (Å²) in [6.07, 6.45) is 4.49. The first-order valence-corrected chi connectivity index (χ1v) is 10.3. The van der Waals surface area contributed by atoms with E-state index in [1.807, 2.05) is 12.1 Å². The van der Waals surface area contributed by atoms with Gasteiger partial charge in [0, 0.05) is 37.2 Å². The fourth-order valence-corrected chi connectivity index (χ4v) is 5.41. The van der Waals surface area contributed by atoms with Gasteiger partial charge >= 0.3 is 0 Å². The Kier molecular flexibility index (Phi) is 4.25. The number of benzene rings is 1. The molecule has 0 radical (unpaired) electrons. The summed E-state index contributed by atoms with van der Waals surface area (Å²) in [5, 5.41) is 9.63.